The Kier molecular flexibility index (Phi) is 9.39. The van der Waals surface area contributed by atoms with Crippen LogP contribution in [0.1, 0.15) is 31.5 Å². The molecular weight excluding hydrogens is 478 g/mol. The van der Waals surface area contributed by atoms with Crippen molar-refractivity contribution in [2.24, 2.45) is 11.7 Å². The number of carboxylic acids is 1. The number of H-pyrrole nitrogens is 2. The van der Waals surface area contributed by atoms with Crippen molar-refractivity contribution in [1.29, 1.82) is 0 Å². The highest BCUT2D eigenvalue weighted by atomic mass is 16.4. The van der Waals surface area contributed by atoms with Gasteiger partial charge in [0, 0.05) is 35.4 Å². The summed E-state index contributed by atoms with van der Waals surface area (Å²) < 4.78 is 0. The van der Waals surface area contributed by atoms with Crippen molar-refractivity contribution in [2.45, 2.75) is 51.2 Å². The fraction of sp³-hybridized carbons (Fsp3) is 0.400. The van der Waals surface area contributed by atoms with Crippen molar-refractivity contribution in [1.82, 2.24) is 30.9 Å². The zero-order valence-electron chi connectivity index (χ0n) is 20.8. The van der Waals surface area contributed by atoms with Gasteiger partial charge in [0.05, 0.1) is 12.4 Å². The predicted molar refractivity (Wildman–Crippen MR) is 136 cm³/mol. The maximum atomic E-state index is 13.2. The summed E-state index contributed by atoms with van der Waals surface area (Å²) in [6.45, 7) is 3.21. The molecule has 37 heavy (non-hydrogen) atoms. The molecule has 0 aliphatic heterocycles. The van der Waals surface area contributed by atoms with Gasteiger partial charge in [-0.25, -0.2) is 4.98 Å². The van der Waals surface area contributed by atoms with Crippen LogP contribution in [-0.4, -0.2) is 68.4 Å². The molecule has 12 heteroatoms. The molecule has 198 valence electrons. The molecule has 3 aromatic rings. The lowest BCUT2D eigenvalue weighted by Gasteiger charge is -2.25. The molecule has 0 saturated carbocycles. The lowest BCUT2D eigenvalue weighted by Crippen LogP contribution is -2.57. The van der Waals surface area contributed by atoms with Crippen LogP contribution in [0.3, 0.4) is 0 Å². The van der Waals surface area contributed by atoms with Crippen LogP contribution < -0.4 is 21.7 Å². The molecule has 12 nitrogen and oxygen atoms in total. The number of aromatic nitrogens is 3. The molecule has 3 amide bonds. The maximum Gasteiger partial charge on any atom is 0.322 e. The van der Waals surface area contributed by atoms with Crippen LogP contribution in [0.5, 0.6) is 0 Å². The van der Waals surface area contributed by atoms with Gasteiger partial charge >= 0.3 is 5.97 Å². The lowest BCUT2D eigenvalue weighted by molar-refractivity contribution is -0.138. The number of carbonyl (C=O) groups excluding carboxylic acids is 3. The number of hydrogen-bond acceptors (Lipinski definition) is 6. The summed E-state index contributed by atoms with van der Waals surface area (Å²) in [5, 5.41) is 17.5. The predicted octanol–water partition coefficient (Wildman–Crippen LogP) is 0.220. The Labute approximate surface area is 213 Å². The third kappa shape index (κ3) is 7.90. The topological polar surface area (TPSA) is 195 Å². The van der Waals surface area contributed by atoms with E-state index in [4.69, 9.17) is 10.8 Å². The summed E-state index contributed by atoms with van der Waals surface area (Å²) in [5.41, 5.74) is 8.59. The number of nitrogens with zero attached hydrogens (tertiary/aromatic N) is 1. The lowest BCUT2D eigenvalue weighted by atomic mass is 10.0. The Balaban J connectivity index is 1.69. The molecule has 0 spiro atoms. The summed E-state index contributed by atoms with van der Waals surface area (Å²) in [5.74, 6) is -2.90. The normalized spacial score (nSPS) is 13.6. The van der Waals surface area contributed by atoms with Gasteiger partial charge in [-0.2, -0.15) is 0 Å². The Morgan fingerprint density at radius 1 is 1.00 bits per heavy atom. The third-order valence-corrected chi connectivity index (χ3v) is 5.82. The van der Waals surface area contributed by atoms with Gasteiger partial charge in [-0.05, 0) is 30.4 Å². The van der Waals surface area contributed by atoms with Gasteiger partial charge in [0.2, 0.25) is 17.7 Å². The van der Waals surface area contributed by atoms with Crippen molar-refractivity contribution in [3.63, 3.8) is 0 Å². The molecule has 8 N–H and O–H groups in total. The molecule has 0 aliphatic carbocycles. The van der Waals surface area contributed by atoms with Crippen LogP contribution >= 0.6 is 0 Å². The molecule has 3 atom stereocenters. The number of amides is 3. The van der Waals surface area contributed by atoms with E-state index in [1.807, 2.05) is 44.3 Å². The number of rotatable bonds is 13. The number of fused-ring (bicyclic) bond motifs is 1. The number of benzene rings is 1. The molecule has 3 rings (SSSR count). The second-order valence-electron chi connectivity index (χ2n) is 9.31. The quantitative estimate of drug-likeness (QED) is 0.170. The largest absolute Gasteiger partial charge is 0.480 e. The van der Waals surface area contributed by atoms with Crippen molar-refractivity contribution in [3.05, 3.63) is 54.2 Å². The second kappa shape index (κ2) is 12.7. The van der Waals surface area contributed by atoms with E-state index in [1.54, 1.807) is 0 Å². The number of para-hydroxylation sites is 1. The Morgan fingerprint density at radius 2 is 1.73 bits per heavy atom. The summed E-state index contributed by atoms with van der Waals surface area (Å²) >= 11 is 0. The van der Waals surface area contributed by atoms with Gasteiger partial charge in [-0.15, -0.1) is 0 Å². The molecule has 3 unspecified atom stereocenters. The monoisotopic (exact) mass is 511 g/mol. The number of carbonyl (C=O) groups is 4. The maximum absolute atomic E-state index is 13.2. The van der Waals surface area contributed by atoms with Gasteiger partial charge in [-0.1, -0.05) is 32.0 Å². The fourth-order valence-electron chi connectivity index (χ4n) is 4.00. The number of hydrogen-bond donors (Lipinski definition) is 7. The molecule has 0 fully saturated rings. The van der Waals surface area contributed by atoms with E-state index in [9.17, 15) is 19.2 Å². The Bertz CT molecular complexity index is 1220. The van der Waals surface area contributed by atoms with Crippen LogP contribution in [-0.2, 0) is 32.0 Å². The van der Waals surface area contributed by atoms with Crippen LogP contribution in [0.15, 0.2) is 43.0 Å². The minimum atomic E-state index is -1.21. The first-order valence-electron chi connectivity index (χ1n) is 12.0. The van der Waals surface area contributed by atoms with Crippen LogP contribution in [0, 0.1) is 5.92 Å². The Morgan fingerprint density at radius 3 is 2.41 bits per heavy atom. The van der Waals surface area contributed by atoms with Crippen LogP contribution in [0.25, 0.3) is 10.9 Å². The first kappa shape index (κ1) is 27.4. The highest BCUT2D eigenvalue weighted by Crippen LogP contribution is 2.19. The second-order valence-corrected chi connectivity index (χ2v) is 9.31. The first-order valence-corrected chi connectivity index (χ1v) is 12.0. The smallest absolute Gasteiger partial charge is 0.322 e. The SMILES string of the molecule is CC(C)CC(NC(=O)C(N)Cc1c[nH]c2ccccc12)C(=O)NC(Cc1cnc[nH]1)C(=O)NCC(=O)O. The molecule has 2 heterocycles. The number of carboxylic acid groups (broad SMARTS) is 1. The zero-order valence-corrected chi connectivity index (χ0v) is 20.8. The number of nitrogens with two attached hydrogens (primary N) is 1. The number of imidazole rings is 1. The number of aromatic amines is 2. The van der Waals surface area contributed by atoms with Crippen molar-refractivity contribution < 1.29 is 24.3 Å². The summed E-state index contributed by atoms with van der Waals surface area (Å²) in [4.78, 5) is 59.6. The van der Waals surface area contributed by atoms with Crippen LogP contribution in [0.4, 0.5) is 0 Å². The fourth-order valence-corrected chi connectivity index (χ4v) is 4.00. The molecule has 0 bridgehead atoms. The standard InChI is InChI=1S/C25H33N7O5/c1-14(2)7-20(31-23(35)18(26)8-15-10-28-19-6-4-3-5-17(15)19)25(37)32-21(9-16-11-27-13-30-16)24(36)29-12-22(33)34/h3-6,10-11,13-14,18,20-21,28H,7-9,12,26H2,1-2H3,(H,27,30)(H,29,36)(H,31,35)(H,32,37)(H,33,34). The number of nitrogens with one attached hydrogen (secondary N) is 5. The van der Waals surface area contributed by atoms with E-state index in [1.165, 1.54) is 12.5 Å². The van der Waals surface area contributed by atoms with Gasteiger partial charge in [0.25, 0.3) is 0 Å². The van der Waals surface area contributed by atoms with Gasteiger partial charge in [-0.3, -0.25) is 19.2 Å². The molecule has 0 aliphatic rings. The van der Waals surface area contributed by atoms with E-state index in [0.717, 1.165) is 16.5 Å². The molecule has 0 saturated heterocycles. The minimum Gasteiger partial charge on any atom is -0.480 e. The van der Waals surface area contributed by atoms with Gasteiger partial charge < -0.3 is 36.8 Å². The van der Waals surface area contributed by atoms with E-state index in [-0.39, 0.29) is 18.8 Å². The summed E-state index contributed by atoms with van der Waals surface area (Å²) in [7, 11) is 0. The van der Waals surface area contributed by atoms with Crippen molar-refractivity contribution in [3.8, 4) is 0 Å². The highest BCUT2D eigenvalue weighted by Gasteiger charge is 2.29. The van der Waals surface area contributed by atoms with E-state index in [0.29, 0.717) is 12.1 Å². The molecule has 0 radical (unpaired) electrons. The minimum absolute atomic E-state index is 0.0489. The summed E-state index contributed by atoms with van der Waals surface area (Å²) in [6, 6.07) is 4.75. The van der Waals surface area contributed by atoms with E-state index < -0.39 is 48.4 Å². The van der Waals surface area contributed by atoms with Crippen molar-refractivity contribution in [2.75, 3.05) is 6.54 Å². The van der Waals surface area contributed by atoms with Crippen molar-refractivity contribution >= 4 is 34.6 Å². The molecule has 2 aromatic heterocycles. The van der Waals surface area contributed by atoms with Gasteiger partial charge in [0.15, 0.2) is 0 Å². The third-order valence-electron chi connectivity index (χ3n) is 5.82. The van der Waals surface area contributed by atoms with Crippen LogP contribution in [0.2, 0.25) is 0 Å². The zero-order chi connectivity index (χ0) is 26.9. The Hall–Kier alpha value is -4.19. The molecular formula is C25H33N7O5. The number of aliphatic carboxylic acids is 1. The summed E-state index contributed by atoms with van der Waals surface area (Å²) in [6.07, 6.45) is 5.38. The van der Waals surface area contributed by atoms with E-state index in [2.05, 4.69) is 30.9 Å². The average molecular weight is 512 g/mol. The first-order chi connectivity index (χ1) is 17.6. The average Bonchev–Trinajstić information content (AvgIpc) is 3.51. The molecule has 1 aromatic carbocycles. The highest BCUT2D eigenvalue weighted by molar-refractivity contribution is 5.94. The van der Waals surface area contributed by atoms with Gasteiger partial charge in [0.1, 0.15) is 18.6 Å². The van der Waals surface area contributed by atoms with E-state index >= 15 is 0 Å².